The third kappa shape index (κ3) is 4.82. The molecule has 2 nitrogen and oxygen atoms in total. The molecule has 1 unspecified atom stereocenters. The summed E-state index contributed by atoms with van der Waals surface area (Å²) >= 11 is 1.56. The molecule has 0 saturated carbocycles. The molecule has 0 amide bonds. The van der Waals surface area contributed by atoms with E-state index in [1.807, 2.05) is 12.3 Å². The minimum atomic E-state index is -4.29. The van der Waals surface area contributed by atoms with Gasteiger partial charge < -0.3 is 5.32 Å². The molecule has 0 spiro atoms. The van der Waals surface area contributed by atoms with Crippen LogP contribution >= 0.6 is 11.3 Å². The maximum atomic E-state index is 12.7. The van der Waals surface area contributed by atoms with Gasteiger partial charge in [-0.1, -0.05) is 25.1 Å². The summed E-state index contributed by atoms with van der Waals surface area (Å²) in [5.41, 5.74) is 0.0943. The number of thiazole rings is 1. The molecule has 0 bridgehead atoms. The predicted octanol–water partition coefficient (Wildman–Crippen LogP) is 3.93. The topological polar surface area (TPSA) is 24.9 Å². The van der Waals surface area contributed by atoms with Crippen LogP contribution in [0.15, 0.2) is 35.8 Å². The summed E-state index contributed by atoms with van der Waals surface area (Å²) in [5.74, 6) is 0. The van der Waals surface area contributed by atoms with Gasteiger partial charge in [-0.3, -0.25) is 0 Å². The summed E-state index contributed by atoms with van der Waals surface area (Å²) in [5, 5.41) is 6.21. The monoisotopic (exact) mass is 314 g/mol. The first-order chi connectivity index (χ1) is 9.99. The van der Waals surface area contributed by atoms with Gasteiger partial charge in [-0.05, 0) is 24.6 Å². The molecular weight excluding hydrogens is 297 g/mol. The summed E-state index contributed by atoms with van der Waals surface area (Å²) in [6, 6.07) is 5.62. The first kappa shape index (κ1) is 16.0. The van der Waals surface area contributed by atoms with Crippen molar-refractivity contribution in [1.29, 1.82) is 0 Å². The van der Waals surface area contributed by atoms with Crippen molar-refractivity contribution in [3.63, 3.8) is 0 Å². The van der Waals surface area contributed by atoms with Crippen LogP contribution in [-0.2, 0) is 19.0 Å². The van der Waals surface area contributed by atoms with Crippen LogP contribution in [0.5, 0.6) is 0 Å². The van der Waals surface area contributed by atoms with E-state index in [0.717, 1.165) is 24.0 Å². The minimum absolute atomic E-state index is 0.0876. The molecule has 0 aliphatic carbocycles. The van der Waals surface area contributed by atoms with E-state index < -0.39 is 11.7 Å². The molecular formula is C15H17F3N2S. The van der Waals surface area contributed by atoms with Crippen LogP contribution in [0.3, 0.4) is 0 Å². The maximum Gasteiger partial charge on any atom is 0.416 e. The Kier molecular flexibility index (Phi) is 5.36. The quantitative estimate of drug-likeness (QED) is 0.874. The zero-order chi connectivity index (χ0) is 15.3. The highest BCUT2D eigenvalue weighted by atomic mass is 32.1. The molecule has 1 heterocycles. The fraction of sp³-hybridized carbons (Fsp3) is 0.400. The number of benzene rings is 1. The van der Waals surface area contributed by atoms with E-state index in [0.29, 0.717) is 12.0 Å². The van der Waals surface area contributed by atoms with Gasteiger partial charge in [0.15, 0.2) is 0 Å². The molecule has 0 aliphatic heterocycles. The van der Waals surface area contributed by atoms with Gasteiger partial charge in [-0.2, -0.15) is 13.2 Å². The number of likely N-dealkylation sites (N-methyl/N-ethyl adjacent to an activating group) is 1. The Morgan fingerprint density at radius 2 is 2.10 bits per heavy atom. The highest BCUT2D eigenvalue weighted by Gasteiger charge is 2.30. The number of hydrogen-bond acceptors (Lipinski definition) is 3. The summed E-state index contributed by atoms with van der Waals surface area (Å²) in [6.45, 7) is 2.76. The molecule has 21 heavy (non-hydrogen) atoms. The Morgan fingerprint density at radius 1 is 1.29 bits per heavy atom. The summed E-state index contributed by atoms with van der Waals surface area (Å²) in [7, 11) is 0. The molecule has 2 rings (SSSR count). The SMILES string of the molecule is CCNC(Cc1cccc(C(F)(F)F)c1)Cc1nccs1. The number of alkyl halides is 3. The number of halogens is 3. The van der Waals surface area contributed by atoms with E-state index in [9.17, 15) is 13.2 Å². The number of nitrogens with zero attached hydrogens (tertiary/aromatic N) is 1. The number of hydrogen-bond donors (Lipinski definition) is 1. The molecule has 6 heteroatoms. The molecule has 0 saturated heterocycles. The molecule has 114 valence electrons. The fourth-order valence-corrected chi connectivity index (χ4v) is 2.93. The van der Waals surface area contributed by atoms with Gasteiger partial charge in [-0.15, -0.1) is 11.3 Å². The minimum Gasteiger partial charge on any atom is -0.314 e. The lowest BCUT2D eigenvalue weighted by atomic mass is 10.0. The van der Waals surface area contributed by atoms with E-state index in [1.165, 1.54) is 12.1 Å². The van der Waals surface area contributed by atoms with E-state index in [-0.39, 0.29) is 6.04 Å². The van der Waals surface area contributed by atoms with E-state index in [4.69, 9.17) is 0 Å². The molecule has 1 aromatic heterocycles. The van der Waals surface area contributed by atoms with Gasteiger partial charge in [0.05, 0.1) is 10.6 Å². The first-order valence-corrected chi connectivity index (χ1v) is 7.65. The van der Waals surface area contributed by atoms with Gasteiger partial charge in [-0.25, -0.2) is 4.98 Å². The zero-order valence-corrected chi connectivity index (χ0v) is 12.5. The Hall–Kier alpha value is -1.40. The molecule has 1 N–H and O–H groups in total. The van der Waals surface area contributed by atoms with E-state index in [2.05, 4.69) is 10.3 Å². The van der Waals surface area contributed by atoms with E-state index >= 15 is 0 Å². The van der Waals surface area contributed by atoms with Crippen molar-refractivity contribution in [2.24, 2.45) is 0 Å². The summed E-state index contributed by atoms with van der Waals surface area (Å²) in [4.78, 5) is 4.24. The second-order valence-corrected chi connectivity index (χ2v) is 5.77. The van der Waals surface area contributed by atoms with Crippen molar-refractivity contribution >= 4 is 11.3 Å². The number of nitrogens with one attached hydrogen (secondary N) is 1. The Balaban J connectivity index is 2.09. The van der Waals surface area contributed by atoms with Crippen LogP contribution in [0, 0.1) is 0 Å². The smallest absolute Gasteiger partial charge is 0.314 e. The van der Waals surface area contributed by atoms with Crippen molar-refractivity contribution < 1.29 is 13.2 Å². The van der Waals surface area contributed by atoms with Gasteiger partial charge >= 0.3 is 6.18 Å². The second kappa shape index (κ2) is 7.04. The van der Waals surface area contributed by atoms with Crippen LogP contribution in [0.1, 0.15) is 23.1 Å². The molecule has 0 fully saturated rings. The average molecular weight is 314 g/mol. The Labute approximate surface area is 126 Å². The third-order valence-corrected chi connectivity index (χ3v) is 3.94. The molecule has 0 aliphatic rings. The van der Waals surface area contributed by atoms with Crippen molar-refractivity contribution in [2.75, 3.05) is 6.54 Å². The standard InChI is InChI=1S/C15H17F3N2S/c1-2-19-13(10-14-20-6-7-21-14)9-11-4-3-5-12(8-11)15(16,17)18/h3-8,13,19H,2,9-10H2,1H3. The van der Waals surface area contributed by atoms with Crippen LogP contribution in [-0.4, -0.2) is 17.6 Å². The average Bonchev–Trinajstić information content (AvgIpc) is 2.91. The van der Waals surface area contributed by atoms with Crippen LogP contribution < -0.4 is 5.32 Å². The van der Waals surface area contributed by atoms with Gasteiger partial charge in [0.25, 0.3) is 0 Å². The molecule has 2 aromatic rings. The molecule has 1 atom stereocenters. The van der Waals surface area contributed by atoms with Crippen LogP contribution in [0.2, 0.25) is 0 Å². The van der Waals surface area contributed by atoms with Gasteiger partial charge in [0.2, 0.25) is 0 Å². The molecule has 0 radical (unpaired) electrons. The third-order valence-electron chi connectivity index (χ3n) is 3.13. The van der Waals surface area contributed by atoms with E-state index in [1.54, 1.807) is 23.6 Å². The summed E-state index contributed by atoms with van der Waals surface area (Å²) in [6.07, 6.45) is -1.27. The Morgan fingerprint density at radius 3 is 2.71 bits per heavy atom. The van der Waals surface area contributed by atoms with Crippen LogP contribution in [0.4, 0.5) is 13.2 Å². The lowest BCUT2D eigenvalue weighted by molar-refractivity contribution is -0.137. The fourth-order valence-electron chi connectivity index (χ4n) is 2.23. The van der Waals surface area contributed by atoms with Crippen molar-refractivity contribution in [2.45, 2.75) is 32.0 Å². The summed E-state index contributed by atoms with van der Waals surface area (Å²) < 4.78 is 38.2. The number of aromatic nitrogens is 1. The van der Waals surface area contributed by atoms with Gasteiger partial charge in [0.1, 0.15) is 0 Å². The molecule has 1 aromatic carbocycles. The second-order valence-electron chi connectivity index (χ2n) is 4.79. The highest BCUT2D eigenvalue weighted by molar-refractivity contribution is 7.09. The first-order valence-electron chi connectivity index (χ1n) is 6.77. The van der Waals surface area contributed by atoms with Crippen molar-refractivity contribution in [1.82, 2.24) is 10.3 Å². The van der Waals surface area contributed by atoms with Gasteiger partial charge in [0, 0.05) is 24.0 Å². The number of rotatable bonds is 6. The maximum absolute atomic E-state index is 12.7. The predicted molar refractivity (Wildman–Crippen MR) is 78.4 cm³/mol. The Bertz CT molecular complexity index is 552. The lowest BCUT2D eigenvalue weighted by Gasteiger charge is -2.17. The van der Waals surface area contributed by atoms with Crippen LogP contribution in [0.25, 0.3) is 0 Å². The van der Waals surface area contributed by atoms with Crippen molar-refractivity contribution in [3.8, 4) is 0 Å². The lowest BCUT2D eigenvalue weighted by Crippen LogP contribution is -2.33. The highest BCUT2D eigenvalue weighted by Crippen LogP contribution is 2.29. The zero-order valence-electron chi connectivity index (χ0n) is 11.7. The normalized spacial score (nSPS) is 13.3. The van der Waals surface area contributed by atoms with Crippen molar-refractivity contribution in [3.05, 3.63) is 52.0 Å². The largest absolute Gasteiger partial charge is 0.416 e.